The average Bonchev–Trinajstić information content (AvgIpc) is 2.17. The van der Waals surface area contributed by atoms with Crippen LogP contribution in [0.3, 0.4) is 0 Å². The van der Waals surface area contributed by atoms with Crippen molar-refractivity contribution in [1.29, 1.82) is 0 Å². The van der Waals surface area contributed by atoms with Gasteiger partial charge >= 0.3 is 0 Å². The lowest BCUT2D eigenvalue weighted by Gasteiger charge is -2.11. The second kappa shape index (κ2) is 8.37. The molecular weight excluding hydrogens is 244 g/mol. The van der Waals surface area contributed by atoms with Crippen LogP contribution in [0.2, 0.25) is 0 Å². The fourth-order valence-electron chi connectivity index (χ4n) is 1.21. The van der Waals surface area contributed by atoms with Crippen molar-refractivity contribution in [3.63, 3.8) is 0 Å². The number of rotatable bonds is 9. The maximum absolute atomic E-state index is 11.2. The molecule has 98 valence electrons. The third-order valence-electron chi connectivity index (χ3n) is 2.19. The van der Waals surface area contributed by atoms with Crippen LogP contribution in [0.15, 0.2) is 0 Å². The zero-order valence-electron chi connectivity index (χ0n) is 10.5. The molecule has 0 aliphatic carbocycles. The summed E-state index contributed by atoms with van der Waals surface area (Å²) in [4.78, 5) is 0. The Balaban J connectivity index is 3.55. The molecule has 1 unspecified atom stereocenters. The normalized spacial score (nSPS) is 14.3. The molecule has 0 bridgehead atoms. The maximum Gasteiger partial charge on any atom is 0.150 e. The van der Waals surface area contributed by atoms with E-state index in [1.54, 1.807) is 18.7 Å². The van der Waals surface area contributed by atoms with E-state index in [1.807, 2.05) is 0 Å². The van der Waals surface area contributed by atoms with E-state index in [2.05, 4.69) is 13.8 Å². The summed E-state index contributed by atoms with van der Waals surface area (Å²) in [7, 11) is -2.87. The Morgan fingerprint density at radius 1 is 1.25 bits per heavy atom. The maximum atomic E-state index is 11.2. The highest BCUT2D eigenvalue weighted by molar-refractivity contribution is 7.99. The summed E-state index contributed by atoms with van der Waals surface area (Å²) in [5.74, 6) is 2.80. The Hall–Kier alpha value is 0.260. The van der Waals surface area contributed by atoms with Gasteiger partial charge in [0.05, 0.1) is 11.9 Å². The number of hydrogen-bond donors (Lipinski definition) is 1. The van der Waals surface area contributed by atoms with Gasteiger partial charge in [-0.3, -0.25) is 0 Å². The number of hydrogen-bond acceptors (Lipinski definition) is 4. The summed E-state index contributed by atoms with van der Waals surface area (Å²) in [6.45, 7) is 5.95. The minimum Gasteiger partial charge on any atom is -0.392 e. The Morgan fingerprint density at radius 2 is 1.88 bits per heavy atom. The zero-order valence-corrected chi connectivity index (χ0v) is 12.1. The van der Waals surface area contributed by atoms with E-state index < -0.39 is 9.84 Å². The predicted molar refractivity (Wildman–Crippen MR) is 71.7 cm³/mol. The summed E-state index contributed by atoms with van der Waals surface area (Å²) in [5.41, 5.74) is 0. The van der Waals surface area contributed by atoms with Gasteiger partial charge in [-0.05, 0) is 24.5 Å². The highest BCUT2D eigenvalue weighted by Crippen LogP contribution is 2.12. The lowest BCUT2D eigenvalue weighted by Crippen LogP contribution is -2.15. The molecule has 1 atom stereocenters. The van der Waals surface area contributed by atoms with Crippen molar-refractivity contribution < 1.29 is 13.5 Å². The number of thioether (sulfide) groups is 1. The summed E-state index contributed by atoms with van der Waals surface area (Å²) in [6, 6.07) is 0. The van der Waals surface area contributed by atoms with Crippen molar-refractivity contribution >= 4 is 21.6 Å². The van der Waals surface area contributed by atoms with Gasteiger partial charge in [0.25, 0.3) is 0 Å². The molecule has 0 aromatic heterocycles. The summed E-state index contributed by atoms with van der Waals surface area (Å²) >= 11 is 1.73. The minimum atomic E-state index is -2.87. The Bertz CT molecular complexity index is 260. The fourth-order valence-corrected chi connectivity index (χ4v) is 3.15. The van der Waals surface area contributed by atoms with E-state index in [9.17, 15) is 13.5 Å². The largest absolute Gasteiger partial charge is 0.392 e. The molecule has 3 nitrogen and oxygen atoms in total. The molecule has 0 aromatic rings. The van der Waals surface area contributed by atoms with Gasteiger partial charge < -0.3 is 5.11 Å². The summed E-state index contributed by atoms with van der Waals surface area (Å²) < 4.78 is 22.4. The minimum absolute atomic E-state index is 0.200. The molecule has 0 rings (SSSR count). The Labute approximate surface area is 104 Å². The first-order valence-electron chi connectivity index (χ1n) is 5.83. The Kier molecular flexibility index (Phi) is 8.50. The smallest absolute Gasteiger partial charge is 0.150 e. The van der Waals surface area contributed by atoms with E-state index in [0.717, 1.165) is 5.75 Å². The lowest BCUT2D eigenvalue weighted by molar-refractivity contribution is 0.188. The van der Waals surface area contributed by atoms with E-state index in [-0.39, 0.29) is 17.6 Å². The molecule has 0 saturated carbocycles. The van der Waals surface area contributed by atoms with Crippen LogP contribution in [0.4, 0.5) is 0 Å². The molecule has 0 aromatic carbocycles. The van der Waals surface area contributed by atoms with Crippen molar-refractivity contribution in [3.8, 4) is 0 Å². The van der Waals surface area contributed by atoms with Gasteiger partial charge in [-0.25, -0.2) is 8.42 Å². The highest BCUT2D eigenvalue weighted by atomic mass is 32.2. The van der Waals surface area contributed by atoms with Crippen LogP contribution in [0.5, 0.6) is 0 Å². The van der Waals surface area contributed by atoms with Gasteiger partial charge in [-0.2, -0.15) is 11.8 Å². The van der Waals surface area contributed by atoms with Crippen molar-refractivity contribution in [3.05, 3.63) is 0 Å². The first-order valence-corrected chi connectivity index (χ1v) is 8.81. The third kappa shape index (κ3) is 9.48. The second-order valence-corrected chi connectivity index (χ2v) is 8.01. The summed E-state index contributed by atoms with van der Waals surface area (Å²) in [6.07, 6.45) is 0.792. The molecule has 0 saturated heterocycles. The van der Waals surface area contributed by atoms with Crippen LogP contribution < -0.4 is 0 Å². The molecular formula is C11H24O3S2. The van der Waals surface area contributed by atoms with Crippen LogP contribution >= 0.6 is 11.8 Å². The molecule has 16 heavy (non-hydrogen) atoms. The SMILES string of the molecule is CCS(=O)(=O)CCCC(O)CSCC(C)C. The van der Waals surface area contributed by atoms with Gasteiger partial charge in [0.2, 0.25) is 0 Å². The first-order chi connectivity index (χ1) is 7.37. The molecule has 0 aliphatic rings. The van der Waals surface area contributed by atoms with E-state index >= 15 is 0 Å². The van der Waals surface area contributed by atoms with E-state index in [0.29, 0.717) is 24.5 Å². The molecule has 0 radical (unpaired) electrons. The van der Waals surface area contributed by atoms with Gasteiger partial charge in [-0.15, -0.1) is 0 Å². The first kappa shape index (κ1) is 16.3. The van der Waals surface area contributed by atoms with Crippen molar-refractivity contribution in [1.82, 2.24) is 0 Å². The molecule has 0 spiro atoms. The van der Waals surface area contributed by atoms with E-state index in [1.165, 1.54) is 0 Å². The third-order valence-corrected chi connectivity index (χ3v) is 5.51. The van der Waals surface area contributed by atoms with Crippen LogP contribution in [0.25, 0.3) is 0 Å². The lowest BCUT2D eigenvalue weighted by atomic mass is 10.2. The molecule has 0 heterocycles. The number of aliphatic hydroxyl groups excluding tert-OH is 1. The number of sulfone groups is 1. The van der Waals surface area contributed by atoms with Crippen molar-refractivity contribution in [2.24, 2.45) is 5.92 Å². The predicted octanol–water partition coefficient (Wildman–Crippen LogP) is 1.95. The van der Waals surface area contributed by atoms with Crippen molar-refractivity contribution in [2.75, 3.05) is 23.0 Å². The molecule has 0 amide bonds. The number of aliphatic hydroxyl groups is 1. The van der Waals surface area contributed by atoms with Gasteiger partial charge in [-0.1, -0.05) is 20.8 Å². The molecule has 0 aliphatic heterocycles. The van der Waals surface area contributed by atoms with Crippen LogP contribution in [-0.4, -0.2) is 42.6 Å². The molecule has 5 heteroatoms. The van der Waals surface area contributed by atoms with Gasteiger partial charge in [0.1, 0.15) is 9.84 Å². The van der Waals surface area contributed by atoms with Crippen LogP contribution in [0.1, 0.15) is 33.6 Å². The highest BCUT2D eigenvalue weighted by Gasteiger charge is 2.10. The standard InChI is InChI=1S/C11H24O3S2/c1-4-16(13,14)7-5-6-11(12)9-15-8-10(2)3/h10-12H,4-9H2,1-3H3. The second-order valence-electron chi connectivity index (χ2n) is 4.46. The van der Waals surface area contributed by atoms with Crippen LogP contribution in [0, 0.1) is 5.92 Å². The van der Waals surface area contributed by atoms with Gasteiger partial charge in [0, 0.05) is 11.5 Å². The monoisotopic (exact) mass is 268 g/mol. The molecule has 1 N–H and O–H groups in total. The average molecular weight is 268 g/mol. The van der Waals surface area contributed by atoms with E-state index in [4.69, 9.17) is 0 Å². The molecule has 0 fully saturated rings. The van der Waals surface area contributed by atoms with Gasteiger partial charge in [0.15, 0.2) is 0 Å². The Morgan fingerprint density at radius 3 is 2.38 bits per heavy atom. The summed E-state index contributed by atoms with van der Waals surface area (Å²) in [5, 5.41) is 9.62. The zero-order chi connectivity index (χ0) is 12.6. The van der Waals surface area contributed by atoms with Crippen molar-refractivity contribution in [2.45, 2.75) is 39.7 Å². The topological polar surface area (TPSA) is 54.4 Å². The quantitative estimate of drug-likeness (QED) is 0.694. The van der Waals surface area contributed by atoms with Crippen LogP contribution in [-0.2, 0) is 9.84 Å². The fraction of sp³-hybridized carbons (Fsp3) is 1.00.